The van der Waals surface area contributed by atoms with Crippen molar-refractivity contribution in [1.82, 2.24) is 30.4 Å². The van der Waals surface area contributed by atoms with E-state index in [0.29, 0.717) is 59.5 Å². The van der Waals surface area contributed by atoms with Crippen molar-refractivity contribution >= 4 is 35.0 Å². The zero-order valence-corrected chi connectivity index (χ0v) is 32.8. The molecule has 6 rings (SSSR count). The molecule has 11 nitrogen and oxygen atoms in total. The minimum Gasteiger partial charge on any atom is -0.496 e. The first kappa shape index (κ1) is 39.4. The van der Waals surface area contributed by atoms with Gasteiger partial charge in [-0.15, -0.1) is 0 Å². The van der Waals surface area contributed by atoms with Crippen LogP contribution in [0.2, 0.25) is 10.0 Å². The Balaban J connectivity index is 1.16. The van der Waals surface area contributed by atoms with Gasteiger partial charge in [-0.2, -0.15) is 0 Å². The van der Waals surface area contributed by atoms with Crippen molar-refractivity contribution in [3.63, 3.8) is 0 Å². The zero-order valence-electron chi connectivity index (χ0n) is 31.3. The number of benzene rings is 2. The molecule has 2 aliphatic rings. The third-order valence-corrected chi connectivity index (χ3v) is 11.2. The summed E-state index contributed by atoms with van der Waals surface area (Å²) < 4.78 is 16.5. The van der Waals surface area contributed by atoms with E-state index in [1.54, 1.807) is 34.4 Å². The number of hydrogen-bond donors (Lipinski definition) is 2. The molecule has 4 aromatic rings. The number of amides is 2. The predicted octanol–water partition coefficient (Wildman–Crippen LogP) is 6.63. The van der Waals surface area contributed by atoms with Gasteiger partial charge in [0.2, 0.25) is 17.7 Å². The average molecular weight is 776 g/mol. The lowest BCUT2D eigenvalue weighted by Gasteiger charge is -2.32. The third kappa shape index (κ3) is 9.15. The molecule has 0 bridgehead atoms. The lowest BCUT2D eigenvalue weighted by Crippen LogP contribution is -2.45. The van der Waals surface area contributed by atoms with Gasteiger partial charge in [0.1, 0.15) is 12.4 Å². The van der Waals surface area contributed by atoms with E-state index in [2.05, 4.69) is 15.6 Å². The Morgan fingerprint density at radius 1 is 0.778 bits per heavy atom. The molecule has 2 N–H and O–H groups in total. The number of carbonyl (C=O) groups is 2. The molecule has 0 saturated carbocycles. The summed E-state index contributed by atoms with van der Waals surface area (Å²) in [5, 5.41) is 8.23. The van der Waals surface area contributed by atoms with Crippen LogP contribution in [0.3, 0.4) is 0 Å². The van der Waals surface area contributed by atoms with Gasteiger partial charge in [0.05, 0.1) is 35.7 Å². The number of hydrogen-bond acceptors (Lipinski definition) is 9. The molecule has 2 fully saturated rings. The van der Waals surface area contributed by atoms with Crippen LogP contribution >= 0.6 is 23.2 Å². The number of nitrogens with zero attached hydrogens (tertiary/aromatic N) is 4. The lowest BCUT2D eigenvalue weighted by molar-refractivity contribution is -0.136. The molecule has 286 valence electrons. The molecule has 4 heterocycles. The van der Waals surface area contributed by atoms with E-state index in [9.17, 15) is 9.59 Å². The van der Waals surface area contributed by atoms with Crippen molar-refractivity contribution in [3.05, 3.63) is 82.0 Å². The van der Waals surface area contributed by atoms with E-state index in [4.69, 9.17) is 42.4 Å². The van der Waals surface area contributed by atoms with Gasteiger partial charge in [-0.25, -0.2) is 4.98 Å². The Kier molecular flexibility index (Phi) is 13.4. The monoisotopic (exact) mass is 774 g/mol. The van der Waals surface area contributed by atoms with E-state index in [-0.39, 0.29) is 24.5 Å². The second-order valence-corrected chi connectivity index (χ2v) is 14.5. The first-order valence-corrected chi connectivity index (χ1v) is 19.1. The number of halogens is 2. The standard InChI is InChI=1S/C41H48Cl2N6O5/c1-26(50)48-18-13-30(14-19-48)45-23-28-9-8-27(22-36(28)53-3)40-39(43)33(12-17-44-40)32-6-5-7-34(38(32)42)35-11-10-29(41(47-35)54-4)24-46-31-15-20-49(21-16-31)37(51)25-52-2/h5-12,17,22,30-31,45-46H,13-16,18-21,23-25H2,1-4H3. The molecule has 54 heavy (non-hydrogen) atoms. The molecule has 0 spiro atoms. The molecule has 0 atom stereocenters. The number of rotatable bonds is 13. The van der Waals surface area contributed by atoms with Gasteiger partial charge >= 0.3 is 0 Å². The normalized spacial score (nSPS) is 15.4. The smallest absolute Gasteiger partial charge is 0.248 e. The molecule has 2 aromatic carbocycles. The third-order valence-electron chi connectivity index (χ3n) is 10.4. The van der Waals surface area contributed by atoms with Gasteiger partial charge in [-0.1, -0.05) is 59.6 Å². The number of carbonyl (C=O) groups excluding carboxylic acids is 2. The van der Waals surface area contributed by atoms with Crippen LogP contribution in [0.4, 0.5) is 0 Å². The SMILES string of the molecule is COCC(=O)N1CCC(NCc2ccc(-c3cccc(-c4ccnc(-c5ccc(CNC6CCN(C(C)=O)CC6)c(OC)c5)c4Cl)c3Cl)nc2OC)CC1. The summed E-state index contributed by atoms with van der Waals surface area (Å²) in [7, 11) is 4.82. The van der Waals surface area contributed by atoms with Gasteiger partial charge in [-0.3, -0.25) is 14.6 Å². The van der Waals surface area contributed by atoms with Crippen molar-refractivity contribution < 1.29 is 23.8 Å². The maximum absolute atomic E-state index is 12.2. The topological polar surface area (TPSA) is 118 Å². The highest BCUT2D eigenvalue weighted by molar-refractivity contribution is 6.39. The fourth-order valence-electron chi connectivity index (χ4n) is 7.21. The highest BCUT2D eigenvalue weighted by atomic mass is 35.5. The summed E-state index contributed by atoms with van der Waals surface area (Å²) in [5.41, 5.74) is 6.33. The van der Waals surface area contributed by atoms with Crippen LogP contribution in [0.15, 0.2) is 60.8 Å². The van der Waals surface area contributed by atoms with Gasteiger partial charge in [-0.05, 0) is 43.9 Å². The molecule has 13 heteroatoms. The predicted molar refractivity (Wildman–Crippen MR) is 212 cm³/mol. The van der Waals surface area contributed by atoms with E-state index in [1.807, 2.05) is 64.4 Å². The van der Waals surface area contributed by atoms with Crippen LogP contribution in [0.1, 0.15) is 43.7 Å². The molecule has 0 aliphatic carbocycles. The summed E-state index contributed by atoms with van der Waals surface area (Å²) in [6, 6.07) is 18.3. The van der Waals surface area contributed by atoms with E-state index in [0.717, 1.165) is 77.9 Å². The second-order valence-electron chi connectivity index (χ2n) is 13.7. The molecular weight excluding hydrogens is 727 g/mol. The summed E-state index contributed by atoms with van der Waals surface area (Å²) >= 11 is 14.3. The first-order chi connectivity index (χ1) is 26.2. The molecule has 2 amide bonds. The molecule has 2 saturated heterocycles. The number of methoxy groups -OCH3 is 3. The van der Waals surface area contributed by atoms with Crippen molar-refractivity contribution in [1.29, 1.82) is 0 Å². The van der Waals surface area contributed by atoms with Crippen molar-refractivity contribution in [2.75, 3.05) is 54.1 Å². The van der Waals surface area contributed by atoms with Crippen molar-refractivity contribution in [2.45, 2.75) is 57.8 Å². The Morgan fingerprint density at radius 2 is 1.41 bits per heavy atom. The number of aromatic nitrogens is 2. The fraction of sp³-hybridized carbons (Fsp3) is 0.415. The van der Waals surface area contributed by atoms with Crippen LogP contribution in [-0.2, 0) is 27.4 Å². The lowest BCUT2D eigenvalue weighted by atomic mass is 9.99. The molecule has 0 unspecified atom stereocenters. The zero-order chi connectivity index (χ0) is 38.2. The summed E-state index contributed by atoms with van der Waals surface area (Å²) in [6.07, 6.45) is 5.31. The Bertz CT molecular complexity index is 1950. The Hall–Kier alpha value is -4.26. The van der Waals surface area contributed by atoms with Gasteiger partial charge in [0, 0.05) is 105 Å². The van der Waals surface area contributed by atoms with Crippen LogP contribution in [-0.4, -0.2) is 97.8 Å². The number of pyridine rings is 2. The highest BCUT2D eigenvalue weighted by Crippen LogP contribution is 2.42. The van der Waals surface area contributed by atoms with Gasteiger partial charge in [0.15, 0.2) is 0 Å². The van der Waals surface area contributed by atoms with Gasteiger partial charge < -0.3 is 34.6 Å². The molecule has 0 radical (unpaired) electrons. The number of likely N-dealkylation sites (tertiary alicyclic amines) is 2. The van der Waals surface area contributed by atoms with Crippen molar-refractivity contribution in [3.8, 4) is 45.3 Å². The molecule has 2 aromatic heterocycles. The van der Waals surface area contributed by atoms with Crippen LogP contribution in [0.25, 0.3) is 33.6 Å². The number of nitrogens with one attached hydrogen (secondary N) is 2. The van der Waals surface area contributed by atoms with E-state index >= 15 is 0 Å². The minimum absolute atomic E-state index is 0.0297. The summed E-state index contributed by atoms with van der Waals surface area (Å²) in [6.45, 7) is 5.92. The minimum atomic E-state index is 0.0297. The van der Waals surface area contributed by atoms with Crippen molar-refractivity contribution in [2.24, 2.45) is 0 Å². The number of ether oxygens (including phenoxy) is 3. The molecule has 2 aliphatic heterocycles. The van der Waals surface area contributed by atoms with E-state index in [1.165, 1.54) is 0 Å². The van der Waals surface area contributed by atoms with Crippen LogP contribution in [0.5, 0.6) is 11.6 Å². The summed E-state index contributed by atoms with van der Waals surface area (Å²) in [4.78, 5) is 37.1. The Labute approximate surface area is 327 Å². The van der Waals surface area contributed by atoms with Crippen LogP contribution < -0.4 is 20.1 Å². The average Bonchev–Trinajstić information content (AvgIpc) is 3.20. The van der Waals surface area contributed by atoms with Crippen LogP contribution in [0, 0.1) is 0 Å². The Morgan fingerprint density at radius 3 is 2.06 bits per heavy atom. The number of piperidine rings is 2. The maximum Gasteiger partial charge on any atom is 0.248 e. The first-order valence-electron chi connectivity index (χ1n) is 18.3. The highest BCUT2D eigenvalue weighted by Gasteiger charge is 2.24. The second kappa shape index (κ2) is 18.4. The summed E-state index contributed by atoms with van der Waals surface area (Å²) in [5.74, 6) is 1.42. The maximum atomic E-state index is 12.2. The van der Waals surface area contributed by atoms with E-state index < -0.39 is 0 Å². The fourth-order valence-corrected chi connectivity index (χ4v) is 7.86. The molecular formula is C41H48Cl2N6O5. The largest absolute Gasteiger partial charge is 0.496 e. The quantitative estimate of drug-likeness (QED) is 0.154. The van der Waals surface area contributed by atoms with Gasteiger partial charge in [0.25, 0.3) is 0 Å².